The highest BCUT2D eigenvalue weighted by Crippen LogP contribution is 2.25. The molecule has 1 amide bonds. The minimum absolute atomic E-state index is 0.201. The fourth-order valence-electron chi connectivity index (χ4n) is 2.50. The molecule has 1 saturated heterocycles. The van der Waals surface area contributed by atoms with Crippen LogP contribution in [-0.2, 0) is 16.6 Å². The van der Waals surface area contributed by atoms with E-state index >= 15 is 0 Å². The van der Waals surface area contributed by atoms with Gasteiger partial charge in [-0.2, -0.15) is 4.31 Å². The maximum atomic E-state index is 12.6. The van der Waals surface area contributed by atoms with Gasteiger partial charge in [0.25, 0.3) is 5.91 Å². The number of hydrogen-bond acceptors (Lipinski definition) is 5. The molecule has 1 aliphatic rings. The number of nitrogens with one attached hydrogen (secondary N) is 1. The van der Waals surface area contributed by atoms with Gasteiger partial charge in [0.15, 0.2) is 0 Å². The van der Waals surface area contributed by atoms with Gasteiger partial charge in [-0.1, -0.05) is 6.42 Å². The van der Waals surface area contributed by atoms with Crippen molar-refractivity contribution in [3.8, 4) is 0 Å². The number of amides is 1. The Hall–Kier alpha value is -1.64. The molecule has 2 aromatic heterocycles. The fourth-order valence-corrected chi connectivity index (χ4v) is 5.19. The number of sulfonamides is 1. The van der Waals surface area contributed by atoms with Crippen molar-refractivity contribution in [2.75, 3.05) is 13.1 Å². The largest absolute Gasteiger partial charge is 0.467 e. The summed E-state index contributed by atoms with van der Waals surface area (Å²) in [6, 6.07) is 4.96. The molecule has 1 N–H and O–H groups in total. The van der Waals surface area contributed by atoms with Crippen LogP contribution in [0.1, 0.15) is 34.7 Å². The van der Waals surface area contributed by atoms with Crippen LogP contribution in [0.3, 0.4) is 0 Å². The number of rotatable bonds is 5. The van der Waals surface area contributed by atoms with Gasteiger partial charge < -0.3 is 9.73 Å². The van der Waals surface area contributed by atoms with Crippen LogP contribution >= 0.6 is 11.3 Å². The van der Waals surface area contributed by atoms with Crippen LogP contribution in [0.5, 0.6) is 0 Å². The summed E-state index contributed by atoms with van der Waals surface area (Å²) < 4.78 is 31.8. The maximum Gasteiger partial charge on any atom is 0.261 e. The maximum absolute atomic E-state index is 12.6. The third-order valence-electron chi connectivity index (χ3n) is 3.76. The van der Waals surface area contributed by atoms with Crippen molar-refractivity contribution in [3.63, 3.8) is 0 Å². The number of hydrogen-bond donors (Lipinski definition) is 1. The van der Waals surface area contributed by atoms with E-state index in [1.54, 1.807) is 12.1 Å². The molecule has 0 atom stereocenters. The highest BCUT2D eigenvalue weighted by Gasteiger charge is 2.27. The van der Waals surface area contributed by atoms with Crippen molar-refractivity contribution in [1.29, 1.82) is 0 Å². The Kier molecular flexibility index (Phi) is 4.84. The molecule has 0 unspecified atom stereocenters. The zero-order chi connectivity index (χ0) is 16.3. The molecule has 3 rings (SSSR count). The van der Waals surface area contributed by atoms with Gasteiger partial charge in [0.05, 0.1) is 22.6 Å². The lowest BCUT2D eigenvalue weighted by Gasteiger charge is -2.25. The van der Waals surface area contributed by atoms with E-state index in [0.717, 1.165) is 30.6 Å². The molecule has 0 bridgehead atoms. The van der Waals surface area contributed by atoms with Gasteiger partial charge >= 0.3 is 0 Å². The molecular formula is C15H18N2O4S2. The number of nitrogens with zero attached hydrogens (tertiary/aromatic N) is 1. The van der Waals surface area contributed by atoms with Gasteiger partial charge in [-0.3, -0.25) is 4.79 Å². The van der Waals surface area contributed by atoms with E-state index in [1.165, 1.54) is 22.0 Å². The summed E-state index contributed by atoms with van der Waals surface area (Å²) in [6.07, 6.45) is 4.38. The molecule has 23 heavy (non-hydrogen) atoms. The Labute approximate surface area is 139 Å². The quantitative estimate of drug-likeness (QED) is 0.894. The average molecular weight is 354 g/mol. The molecule has 0 radical (unpaired) electrons. The highest BCUT2D eigenvalue weighted by atomic mass is 32.2. The van der Waals surface area contributed by atoms with E-state index in [4.69, 9.17) is 4.42 Å². The average Bonchev–Trinajstić information content (AvgIpc) is 3.25. The molecule has 2 aromatic rings. The normalized spacial score (nSPS) is 16.3. The topological polar surface area (TPSA) is 79.6 Å². The van der Waals surface area contributed by atoms with E-state index in [-0.39, 0.29) is 17.3 Å². The number of carbonyl (C=O) groups is 1. The summed E-state index contributed by atoms with van der Waals surface area (Å²) in [5.74, 6) is 0.350. The van der Waals surface area contributed by atoms with Gasteiger partial charge in [-0.15, -0.1) is 11.3 Å². The number of carbonyl (C=O) groups excluding carboxylic acids is 1. The molecule has 0 saturated carbocycles. The van der Waals surface area contributed by atoms with Crippen LogP contribution in [-0.4, -0.2) is 31.7 Å². The predicted octanol–water partition coefficient (Wildman–Crippen LogP) is 2.45. The third-order valence-corrected chi connectivity index (χ3v) is 6.71. The van der Waals surface area contributed by atoms with Crippen LogP contribution in [0.4, 0.5) is 0 Å². The molecule has 0 spiro atoms. The highest BCUT2D eigenvalue weighted by molar-refractivity contribution is 7.89. The van der Waals surface area contributed by atoms with Crippen molar-refractivity contribution in [1.82, 2.24) is 9.62 Å². The second-order valence-corrected chi connectivity index (χ2v) is 8.22. The first kappa shape index (κ1) is 16.2. The standard InChI is InChI=1S/C15H18N2O4S2/c18-15(16-10-12-5-4-8-21-12)14-9-13(11-22-14)23(19,20)17-6-2-1-3-7-17/h4-5,8-9,11H,1-3,6-7,10H2,(H,16,18). The minimum Gasteiger partial charge on any atom is -0.467 e. The third kappa shape index (κ3) is 3.65. The Balaban J connectivity index is 1.68. The monoisotopic (exact) mass is 354 g/mol. The first-order chi connectivity index (χ1) is 11.1. The summed E-state index contributed by atoms with van der Waals surface area (Å²) in [7, 11) is -3.49. The Morgan fingerprint density at radius 2 is 2.09 bits per heavy atom. The van der Waals surface area contributed by atoms with Crippen LogP contribution < -0.4 is 5.32 Å². The van der Waals surface area contributed by atoms with Crippen molar-refractivity contribution < 1.29 is 17.6 Å². The summed E-state index contributed by atoms with van der Waals surface area (Å²) in [6.45, 7) is 1.38. The molecule has 0 aromatic carbocycles. The second kappa shape index (κ2) is 6.86. The molecule has 0 aliphatic carbocycles. The Morgan fingerprint density at radius 3 is 2.78 bits per heavy atom. The van der Waals surface area contributed by atoms with Gasteiger partial charge in [-0.25, -0.2) is 8.42 Å². The van der Waals surface area contributed by atoms with E-state index in [9.17, 15) is 13.2 Å². The van der Waals surface area contributed by atoms with Crippen LogP contribution in [0.2, 0.25) is 0 Å². The number of piperidine rings is 1. The van der Waals surface area contributed by atoms with Crippen LogP contribution in [0.15, 0.2) is 39.2 Å². The van der Waals surface area contributed by atoms with Crippen molar-refractivity contribution >= 4 is 27.3 Å². The van der Waals surface area contributed by atoms with E-state index in [2.05, 4.69) is 5.32 Å². The summed E-state index contributed by atoms with van der Waals surface area (Å²) >= 11 is 1.14. The smallest absolute Gasteiger partial charge is 0.261 e. The van der Waals surface area contributed by atoms with Crippen molar-refractivity contribution in [3.05, 3.63) is 40.5 Å². The Morgan fingerprint density at radius 1 is 1.30 bits per heavy atom. The molecular weight excluding hydrogens is 336 g/mol. The van der Waals surface area contributed by atoms with E-state index < -0.39 is 10.0 Å². The van der Waals surface area contributed by atoms with Crippen LogP contribution in [0.25, 0.3) is 0 Å². The van der Waals surface area contributed by atoms with Gasteiger partial charge in [0, 0.05) is 18.5 Å². The Bertz CT molecular complexity index is 759. The lowest BCUT2D eigenvalue weighted by molar-refractivity contribution is 0.0952. The summed E-state index contributed by atoms with van der Waals surface area (Å²) in [5, 5.41) is 4.25. The van der Waals surface area contributed by atoms with Crippen molar-refractivity contribution in [2.24, 2.45) is 0 Å². The minimum atomic E-state index is -3.49. The van der Waals surface area contributed by atoms with Gasteiger partial charge in [-0.05, 0) is 31.0 Å². The van der Waals surface area contributed by atoms with Crippen molar-refractivity contribution in [2.45, 2.75) is 30.7 Å². The van der Waals surface area contributed by atoms with Gasteiger partial charge in [0.1, 0.15) is 5.76 Å². The number of furan rings is 1. The first-order valence-corrected chi connectivity index (χ1v) is 9.78. The van der Waals surface area contributed by atoms with Crippen LogP contribution in [0, 0.1) is 0 Å². The SMILES string of the molecule is O=C(NCc1ccco1)c1cc(S(=O)(=O)N2CCCCC2)cs1. The first-order valence-electron chi connectivity index (χ1n) is 7.46. The lowest BCUT2D eigenvalue weighted by atomic mass is 10.2. The molecule has 6 nitrogen and oxygen atoms in total. The second-order valence-electron chi connectivity index (χ2n) is 5.37. The van der Waals surface area contributed by atoms with E-state index in [1.807, 2.05) is 0 Å². The zero-order valence-electron chi connectivity index (χ0n) is 12.5. The summed E-state index contributed by atoms with van der Waals surface area (Å²) in [4.78, 5) is 12.7. The molecule has 1 aliphatic heterocycles. The lowest BCUT2D eigenvalue weighted by Crippen LogP contribution is -2.35. The predicted molar refractivity (Wildman–Crippen MR) is 86.8 cm³/mol. The molecule has 124 valence electrons. The van der Waals surface area contributed by atoms with Gasteiger partial charge in [0.2, 0.25) is 10.0 Å². The summed E-state index contributed by atoms with van der Waals surface area (Å²) in [5.41, 5.74) is 0. The zero-order valence-corrected chi connectivity index (χ0v) is 14.2. The number of thiophene rings is 1. The van der Waals surface area contributed by atoms with E-state index in [0.29, 0.717) is 23.7 Å². The molecule has 8 heteroatoms. The fraction of sp³-hybridized carbons (Fsp3) is 0.400. The molecule has 3 heterocycles. The molecule has 1 fully saturated rings.